The van der Waals surface area contributed by atoms with Crippen molar-refractivity contribution >= 4 is 21.7 Å². The highest BCUT2D eigenvalue weighted by molar-refractivity contribution is 6.05. The fourth-order valence-corrected chi connectivity index (χ4v) is 1.98. The van der Waals surface area contributed by atoms with Gasteiger partial charge in [0.1, 0.15) is 0 Å². The first-order chi connectivity index (χ1) is 8.07. The Kier molecular flexibility index (Phi) is 1.92. The minimum atomic E-state index is -4.49. The van der Waals surface area contributed by atoms with Gasteiger partial charge in [-0.15, -0.1) is 13.2 Å². The van der Waals surface area contributed by atoms with E-state index >= 15 is 0 Å². The van der Waals surface area contributed by atoms with Crippen LogP contribution in [0.2, 0.25) is 0 Å². The zero-order valence-electron chi connectivity index (χ0n) is 8.57. The molecule has 0 saturated carbocycles. The molecule has 1 heterocycles. The quantitative estimate of drug-likeness (QED) is 0.582. The van der Waals surface area contributed by atoms with E-state index in [1.165, 1.54) is 6.20 Å². The van der Waals surface area contributed by atoms with Crippen molar-refractivity contribution in [2.45, 2.75) is 6.30 Å². The molecule has 0 atom stereocenters. The van der Waals surface area contributed by atoms with Crippen LogP contribution in [-0.4, -0.2) is 9.78 Å². The molecular weight excluding hydrogens is 229 g/mol. The van der Waals surface area contributed by atoms with Crippen LogP contribution in [0.1, 0.15) is 0 Å². The second kappa shape index (κ2) is 3.23. The van der Waals surface area contributed by atoms with E-state index in [1.54, 1.807) is 36.4 Å². The van der Waals surface area contributed by atoms with E-state index in [-0.39, 0.29) is 10.2 Å². The van der Waals surface area contributed by atoms with Gasteiger partial charge in [0.25, 0.3) is 0 Å². The summed E-state index contributed by atoms with van der Waals surface area (Å²) < 4.78 is 38.5. The standard InChI is InChI=1S/C12H7F3N2/c13-12(14,15)17-11-9(7-16-17)6-5-8-3-1-2-4-10(8)11/h1-7H. The fraction of sp³-hybridized carbons (Fsp3) is 0.0833. The average Bonchev–Trinajstić information content (AvgIpc) is 2.72. The van der Waals surface area contributed by atoms with Gasteiger partial charge >= 0.3 is 6.30 Å². The predicted octanol–water partition coefficient (Wildman–Crippen LogP) is 3.67. The Hall–Kier alpha value is -2.04. The summed E-state index contributed by atoms with van der Waals surface area (Å²) in [4.78, 5) is 0. The third kappa shape index (κ3) is 1.46. The highest BCUT2D eigenvalue weighted by Crippen LogP contribution is 2.31. The third-order valence-corrected chi connectivity index (χ3v) is 2.70. The molecule has 0 fully saturated rings. The van der Waals surface area contributed by atoms with Crippen molar-refractivity contribution in [3.63, 3.8) is 0 Å². The number of fused-ring (bicyclic) bond motifs is 3. The monoisotopic (exact) mass is 236 g/mol. The fourth-order valence-electron chi connectivity index (χ4n) is 1.98. The van der Waals surface area contributed by atoms with Gasteiger partial charge in [-0.2, -0.15) is 9.78 Å². The highest BCUT2D eigenvalue weighted by Gasteiger charge is 2.33. The van der Waals surface area contributed by atoms with E-state index in [0.717, 1.165) is 5.39 Å². The van der Waals surface area contributed by atoms with E-state index in [9.17, 15) is 13.2 Å². The van der Waals surface area contributed by atoms with Crippen molar-refractivity contribution in [2.75, 3.05) is 0 Å². The normalized spacial score (nSPS) is 12.4. The molecule has 3 rings (SSSR count). The molecule has 17 heavy (non-hydrogen) atoms. The van der Waals surface area contributed by atoms with Crippen LogP contribution in [0.4, 0.5) is 13.2 Å². The van der Waals surface area contributed by atoms with E-state index < -0.39 is 6.30 Å². The van der Waals surface area contributed by atoms with Crippen LogP contribution in [0.5, 0.6) is 0 Å². The number of halogens is 3. The summed E-state index contributed by atoms with van der Waals surface area (Å²) in [7, 11) is 0. The molecule has 0 amide bonds. The molecule has 0 N–H and O–H groups in total. The topological polar surface area (TPSA) is 17.8 Å². The summed E-state index contributed by atoms with van der Waals surface area (Å²) in [6.45, 7) is 0. The molecule has 0 aliphatic rings. The molecule has 2 nitrogen and oxygen atoms in total. The summed E-state index contributed by atoms with van der Waals surface area (Å²) in [6.07, 6.45) is -3.26. The van der Waals surface area contributed by atoms with Crippen molar-refractivity contribution in [2.24, 2.45) is 0 Å². The number of hydrogen-bond acceptors (Lipinski definition) is 1. The molecule has 0 unspecified atom stereocenters. The Balaban J connectivity index is 2.51. The lowest BCUT2D eigenvalue weighted by Gasteiger charge is -2.09. The Morgan fingerprint density at radius 2 is 1.65 bits per heavy atom. The summed E-state index contributed by atoms with van der Waals surface area (Å²) in [6, 6.07) is 10.4. The largest absolute Gasteiger partial charge is 0.505 e. The van der Waals surface area contributed by atoms with Crippen molar-refractivity contribution in [3.8, 4) is 0 Å². The summed E-state index contributed by atoms with van der Waals surface area (Å²) in [5, 5.41) is 5.22. The Morgan fingerprint density at radius 3 is 2.41 bits per heavy atom. The molecule has 1 aromatic heterocycles. The van der Waals surface area contributed by atoms with Crippen molar-refractivity contribution in [1.82, 2.24) is 9.78 Å². The molecule has 0 saturated heterocycles. The maximum absolute atomic E-state index is 12.8. The molecule has 3 aromatic rings. The lowest BCUT2D eigenvalue weighted by atomic mass is 10.1. The van der Waals surface area contributed by atoms with E-state index in [1.807, 2.05) is 0 Å². The maximum atomic E-state index is 12.8. The van der Waals surface area contributed by atoms with Gasteiger partial charge in [-0.25, -0.2) is 0 Å². The Bertz CT molecular complexity index is 698. The first kappa shape index (κ1) is 10.1. The lowest BCUT2D eigenvalue weighted by molar-refractivity contribution is -0.208. The zero-order valence-corrected chi connectivity index (χ0v) is 8.57. The van der Waals surface area contributed by atoms with Gasteiger partial charge in [-0.05, 0) is 5.39 Å². The van der Waals surface area contributed by atoms with Gasteiger partial charge in [0.15, 0.2) is 0 Å². The van der Waals surface area contributed by atoms with Crippen LogP contribution in [-0.2, 0) is 6.30 Å². The van der Waals surface area contributed by atoms with Crippen LogP contribution < -0.4 is 0 Å². The number of hydrogen-bond donors (Lipinski definition) is 0. The van der Waals surface area contributed by atoms with Crippen molar-refractivity contribution in [1.29, 1.82) is 0 Å². The second-order valence-electron chi connectivity index (χ2n) is 3.75. The van der Waals surface area contributed by atoms with Crippen LogP contribution in [0.15, 0.2) is 42.6 Å². The summed E-state index contributed by atoms with van der Waals surface area (Å²) in [5.74, 6) is 0. The van der Waals surface area contributed by atoms with Gasteiger partial charge in [-0.3, -0.25) is 0 Å². The van der Waals surface area contributed by atoms with Crippen molar-refractivity contribution < 1.29 is 13.2 Å². The van der Waals surface area contributed by atoms with Crippen LogP contribution in [0.3, 0.4) is 0 Å². The second-order valence-corrected chi connectivity index (χ2v) is 3.75. The molecule has 0 spiro atoms. The van der Waals surface area contributed by atoms with Gasteiger partial charge < -0.3 is 0 Å². The number of nitrogens with zero attached hydrogens (tertiary/aromatic N) is 2. The van der Waals surface area contributed by atoms with Gasteiger partial charge in [0.2, 0.25) is 0 Å². The molecule has 5 heteroatoms. The maximum Gasteiger partial charge on any atom is 0.505 e. The number of rotatable bonds is 0. The van der Waals surface area contributed by atoms with E-state index in [2.05, 4.69) is 5.10 Å². The van der Waals surface area contributed by atoms with Crippen molar-refractivity contribution in [3.05, 3.63) is 42.6 Å². The number of aromatic nitrogens is 2. The molecule has 0 aliphatic carbocycles. The van der Waals surface area contributed by atoms with Gasteiger partial charge in [-0.1, -0.05) is 36.4 Å². The van der Waals surface area contributed by atoms with E-state index in [4.69, 9.17) is 0 Å². The van der Waals surface area contributed by atoms with Crippen LogP contribution in [0.25, 0.3) is 21.7 Å². The minimum absolute atomic E-state index is 0.107. The summed E-state index contributed by atoms with van der Waals surface area (Å²) in [5.41, 5.74) is 0.107. The predicted molar refractivity (Wildman–Crippen MR) is 58.5 cm³/mol. The first-order valence-corrected chi connectivity index (χ1v) is 5.00. The highest BCUT2D eigenvalue weighted by atomic mass is 19.4. The van der Waals surface area contributed by atoms with E-state index in [0.29, 0.717) is 10.8 Å². The van der Waals surface area contributed by atoms with Crippen LogP contribution in [0, 0.1) is 0 Å². The third-order valence-electron chi connectivity index (χ3n) is 2.70. The minimum Gasteiger partial charge on any atom is -0.173 e. The Labute approximate surface area is 94.3 Å². The zero-order chi connectivity index (χ0) is 12.0. The van der Waals surface area contributed by atoms with Gasteiger partial charge in [0, 0.05) is 10.8 Å². The molecule has 0 radical (unpaired) electrons. The molecule has 0 bridgehead atoms. The number of alkyl halides is 3. The first-order valence-electron chi connectivity index (χ1n) is 5.00. The molecule has 2 aromatic carbocycles. The van der Waals surface area contributed by atoms with Gasteiger partial charge in [0.05, 0.1) is 11.7 Å². The molecule has 0 aliphatic heterocycles. The smallest absolute Gasteiger partial charge is 0.173 e. The molecule has 86 valence electrons. The SMILES string of the molecule is FC(F)(F)n1ncc2ccc3ccccc3c21. The lowest BCUT2D eigenvalue weighted by Crippen LogP contribution is -2.17. The summed E-state index contributed by atoms with van der Waals surface area (Å²) >= 11 is 0. The Morgan fingerprint density at radius 1 is 0.941 bits per heavy atom. The average molecular weight is 236 g/mol. The number of benzene rings is 2. The molecular formula is C12H7F3N2. The van der Waals surface area contributed by atoms with Crippen LogP contribution >= 0.6 is 0 Å².